The number of nitrogens with zero attached hydrogens (tertiary/aromatic N) is 2. The highest BCUT2D eigenvalue weighted by Crippen LogP contribution is 2.25. The highest BCUT2D eigenvalue weighted by molar-refractivity contribution is 5.23. The molecule has 0 aromatic carbocycles. The Morgan fingerprint density at radius 1 is 1.35 bits per heavy atom. The van der Waals surface area contributed by atoms with Gasteiger partial charge in [-0.05, 0) is 18.8 Å². The number of nitrogens with one attached hydrogen (secondary N) is 1. The first-order valence-electron chi connectivity index (χ1n) is 7.79. The summed E-state index contributed by atoms with van der Waals surface area (Å²) in [6.07, 6.45) is 6.52. The predicted octanol–water partition coefficient (Wildman–Crippen LogP) is 2.36. The van der Waals surface area contributed by atoms with E-state index in [9.17, 15) is 5.11 Å². The van der Waals surface area contributed by atoms with Crippen LogP contribution < -0.4 is 5.32 Å². The zero-order valence-corrected chi connectivity index (χ0v) is 13.3. The van der Waals surface area contributed by atoms with Gasteiger partial charge in [-0.3, -0.25) is 4.68 Å². The average Bonchev–Trinajstić information content (AvgIpc) is 2.73. The first-order chi connectivity index (χ1) is 9.38. The van der Waals surface area contributed by atoms with Crippen LogP contribution in [0, 0.1) is 5.92 Å². The maximum Gasteiger partial charge on any atom is 0.0722 e. The molecule has 0 amide bonds. The summed E-state index contributed by atoms with van der Waals surface area (Å²) in [6, 6.07) is 0. The number of hydrogen-bond donors (Lipinski definition) is 2. The van der Waals surface area contributed by atoms with E-state index in [0.717, 1.165) is 31.6 Å². The molecule has 4 nitrogen and oxygen atoms in total. The minimum absolute atomic E-state index is 0.0720. The largest absolute Gasteiger partial charge is 0.393 e. The summed E-state index contributed by atoms with van der Waals surface area (Å²) >= 11 is 0. The zero-order chi connectivity index (χ0) is 14.8. The second-order valence-electron chi connectivity index (χ2n) is 7.17. The molecule has 2 rings (SSSR count). The fourth-order valence-corrected chi connectivity index (χ4v) is 3.12. The molecule has 114 valence electrons. The average molecular weight is 279 g/mol. The Kier molecular flexibility index (Phi) is 4.86. The molecule has 1 aromatic rings. The molecule has 2 unspecified atom stereocenters. The Bertz CT molecular complexity index is 433. The molecule has 1 aliphatic carbocycles. The van der Waals surface area contributed by atoms with Gasteiger partial charge in [-0.15, -0.1) is 0 Å². The predicted molar refractivity (Wildman–Crippen MR) is 81.6 cm³/mol. The first kappa shape index (κ1) is 15.5. The van der Waals surface area contributed by atoms with E-state index in [1.54, 1.807) is 0 Å². The van der Waals surface area contributed by atoms with E-state index in [0.29, 0.717) is 5.92 Å². The summed E-state index contributed by atoms with van der Waals surface area (Å²) in [4.78, 5) is 0. The van der Waals surface area contributed by atoms with Gasteiger partial charge in [-0.2, -0.15) is 5.10 Å². The Morgan fingerprint density at radius 2 is 2.05 bits per heavy atom. The van der Waals surface area contributed by atoms with E-state index in [2.05, 4.69) is 37.4 Å². The first-order valence-corrected chi connectivity index (χ1v) is 7.79. The molecule has 1 heterocycles. The van der Waals surface area contributed by atoms with Gasteiger partial charge in [0.2, 0.25) is 0 Å². The third-order valence-corrected chi connectivity index (χ3v) is 4.21. The van der Waals surface area contributed by atoms with Crippen molar-refractivity contribution in [2.24, 2.45) is 13.0 Å². The van der Waals surface area contributed by atoms with Crippen LogP contribution in [0.1, 0.15) is 57.7 Å². The lowest BCUT2D eigenvalue weighted by Crippen LogP contribution is -2.33. The topological polar surface area (TPSA) is 50.1 Å². The minimum atomic E-state index is -0.118. The number of aromatic nitrogens is 2. The van der Waals surface area contributed by atoms with Crippen LogP contribution in [0.25, 0.3) is 0 Å². The number of aliphatic hydroxyl groups excluding tert-OH is 1. The van der Waals surface area contributed by atoms with E-state index in [-0.39, 0.29) is 11.5 Å². The summed E-state index contributed by atoms with van der Waals surface area (Å²) in [5.74, 6) is 0.415. The molecule has 1 saturated carbocycles. The Morgan fingerprint density at radius 3 is 2.70 bits per heavy atom. The summed E-state index contributed by atoms with van der Waals surface area (Å²) < 4.78 is 1.90. The molecular formula is C16H29N3O. The van der Waals surface area contributed by atoms with Crippen LogP contribution in [-0.2, 0) is 19.0 Å². The van der Waals surface area contributed by atoms with Crippen molar-refractivity contribution in [3.63, 3.8) is 0 Å². The maximum atomic E-state index is 10.00. The van der Waals surface area contributed by atoms with Crippen molar-refractivity contribution in [1.29, 1.82) is 0 Å². The second kappa shape index (κ2) is 6.27. The molecule has 0 aliphatic heterocycles. The van der Waals surface area contributed by atoms with Crippen molar-refractivity contribution in [2.75, 3.05) is 6.54 Å². The molecule has 2 atom stereocenters. The van der Waals surface area contributed by atoms with Crippen LogP contribution in [0.2, 0.25) is 0 Å². The van der Waals surface area contributed by atoms with E-state index < -0.39 is 0 Å². The van der Waals surface area contributed by atoms with Crippen LogP contribution >= 0.6 is 0 Å². The fourth-order valence-electron chi connectivity index (χ4n) is 3.12. The SMILES string of the molecule is Cn1cc(CNCC2CCCCC2O)c(C(C)(C)C)n1. The van der Waals surface area contributed by atoms with Gasteiger partial charge in [0.25, 0.3) is 0 Å². The normalized spacial score (nSPS) is 24.1. The van der Waals surface area contributed by atoms with Gasteiger partial charge >= 0.3 is 0 Å². The lowest BCUT2D eigenvalue weighted by atomic mass is 9.86. The van der Waals surface area contributed by atoms with Crippen molar-refractivity contribution < 1.29 is 5.11 Å². The number of aliphatic hydroxyl groups is 1. The van der Waals surface area contributed by atoms with Crippen LogP contribution in [0.15, 0.2) is 6.20 Å². The lowest BCUT2D eigenvalue weighted by Gasteiger charge is -2.27. The monoisotopic (exact) mass is 279 g/mol. The van der Waals surface area contributed by atoms with Gasteiger partial charge in [0, 0.05) is 37.3 Å². The Balaban J connectivity index is 1.91. The smallest absolute Gasteiger partial charge is 0.0722 e. The molecule has 2 N–H and O–H groups in total. The van der Waals surface area contributed by atoms with Crippen molar-refractivity contribution >= 4 is 0 Å². The van der Waals surface area contributed by atoms with Crippen LogP contribution in [0.5, 0.6) is 0 Å². The minimum Gasteiger partial charge on any atom is -0.393 e. The summed E-state index contributed by atoms with van der Waals surface area (Å²) in [6.45, 7) is 8.33. The third-order valence-electron chi connectivity index (χ3n) is 4.21. The molecule has 0 radical (unpaired) electrons. The number of hydrogen-bond acceptors (Lipinski definition) is 3. The van der Waals surface area contributed by atoms with Gasteiger partial charge in [-0.1, -0.05) is 33.6 Å². The Hall–Kier alpha value is -0.870. The molecule has 0 bridgehead atoms. The van der Waals surface area contributed by atoms with Crippen LogP contribution in [0.3, 0.4) is 0 Å². The quantitative estimate of drug-likeness (QED) is 0.889. The van der Waals surface area contributed by atoms with Gasteiger partial charge < -0.3 is 10.4 Å². The van der Waals surface area contributed by atoms with Gasteiger partial charge in [0.15, 0.2) is 0 Å². The molecule has 4 heteroatoms. The van der Waals surface area contributed by atoms with E-state index in [1.807, 2.05) is 11.7 Å². The van der Waals surface area contributed by atoms with Crippen LogP contribution in [-0.4, -0.2) is 27.5 Å². The summed E-state index contributed by atoms with van der Waals surface area (Å²) in [5.41, 5.74) is 2.50. The molecule has 0 saturated heterocycles. The molecule has 1 aliphatic rings. The van der Waals surface area contributed by atoms with Crippen molar-refractivity contribution in [3.05, 3.63) is 17.5 Å². The summed E-state index contributed by atoms with van der Waals surface area (Å²) in [5, 5.41) is 18.1. The van der Waals surface area contributed by atoms with Crippen LogP contribution in [0.4, 0.5) is 0 Å². The molecular weight excluding hydrogens is 250 g/mol. The second-order valence-corrected chi connectivity index (χ2v) is 7.17. The van der Waals surface area contributed by atoms with Crippen molar-refractivity contribution in [1.82, 2.24) is 15.1 Å². The molecule has 0 spiro atoms. The van der Waals surface area contributed by atoms with E-state index in [4.69, 9.17) is 0 Å². The highest BCUT2D eigenvalue weighted by atomic mass is 16.3. The highest BCUT2D eigenvalue weighted by Gasteiger charge is 2.24. The fraction of sp³-hybridized carbons (Fsp3) is 0.812. The molecule has 1 aromatic heterocycles. The van der Waals surface area contributed by atoms with E-state index in [1.165, 1.54) is 18.4 Å². The van der Waals surface area contributed by atoms with Crippen molar-refractivity contribution in [3.8, 4) is 0 Å². The Labute approximate surface area is 122 Å². The number of rotatable bonds is 4. The summed E-state index contributed by atoms with van der Waals surface area (Å²) in [7, 11) is 1.98. The number of aryl methyl sites for hydroxylation is 1. The van der Waals surface area contributed by atoms with Crippen molar-refractivity contribution in [2.45, 2.75) is 64.5 Å². The maximum absolute atomic E-state index is 10.00. The molecule has 20 heavy (non-hydrogen) atoms. The van der Waals surface area contributed by atoms with Gasteiger partial charge in [0.05, 0.1) is 11.8 Å². The standard InChI is InChI=1S/C16H29N3O/c1-16(2,3)15-13(11-19(4)18-15)10-17-9-12-7-5-6-8-14(12)20/h11-12,14,17,20H,5-10H2,1-4H3. The van der Waals surface area contributed by atoms with E-state index >= 15 is 0 Å². The zero-order valence-electron chi connectivity index (χ0n) is 13.3. The third kappa shape index (κ3) is 3.83. The van der Waals surface area contributed by atoms with Gasteiger partial charge in [-0.25, -0.2) is 0 Å². The van der Waals surface area contributed by atoms with Gasteiger partial charge in [0.1, 0.15) is 0 Å². The lowest BCUT2D eigenvalue weighted by molar-refractivity contribution is 0.0695. The molecule has 1 fully saturated rings.